The molecule has 1 heterocycles. The molecule has 4 bridgehead atoms. The molecule has 0 spiro atoms. The molecule has 2 aromatic rings. The third-order valence-corrected chi connectivity index (χ3v) is 12.8. The number of fused-ring (bicyclic) bond motifs is 6. The van der Waals surface area contributed by atoms with Crippen LogP contribution in [0.5, 0.6) is 5.75 Å². The summed E-state index contributed by atoms with van der Waals surface area (Å²) in [4.78, 5) is 49.4. The molecule has 11 nitrogen and oxygen atoms in total. The summed E-state index contributed by atoms with van der Waals surface area (Å²) in [7, 11) is -2.01. The van der Waals surface area contributed by atoms with E-state index in [1.807, 2.05) is 37.3 Å². The van der Waals surface area contributed by atoms with Gasteiger partial charge >= 0.3 is 0 Å². The predicted molar refractivity (Wildman–Crippen MR) is 184 cm³/mol. The molecule has 0 saturated heterocycles. The number of carbonyl (C=O) groups is 3. The third-order valence-electron chi connectivity index (χ3n) is 11.0. The molecule has 7 rings (SSSR count). The van der Waals surface area contributed by atoms with Crippen molar-refractivity contribution in [1.29, 1.82) is 0 Å². The van der Waals surface area contributed by atoms with Gasteiger partial charge in [-0.3, -0.25) is 19.1 Å². The van der Waals surface area contributed by atoms with Crippen LogP contribution < -0.4 is 14.8 Å². The van der Waals surface area contributed by atoms with Gasteiger partial charge < -0.3 is 19.8 Å². The summed E-state index contributed by atoms with van der Waals surface area (Å²) in [6.07, 6.45) is 6.83. The van der Waals surface area contributed by atoms with E-state index >= 15 is 0 Å². The van der Waals surface area contributed by atoms with Crippen molar-refractivity contribution in [2.45, 2.75) is 94.4 Å². The van der Waals surface area contributed by atoms with Crippen molar-refractivity contribution in [3.8, 4) is 16.9 Å². The van der Waals surface area contributed by atoms with Crippen molar-refractivity contribution in [3.05, 3.63) is 53.6 Å². The molecular formula is C37H46N4O7S. The number of benzene rings is 2. The highest BCUT2D eigenvalue weighted by Crippen LogP contribution is 2.48. The van der Waals surface area contributed by atoms with Crippen molar-refractivity contribution in [3.63, 3.8) is 0 Å². The summed E-state index contributed by atoms with van der Waals surface area (Å²) in [5.74, 6) is -2.11. The van der Waals surface area contributed by atoms with E-state index in [-0.39, 0.29) is 18.2 Å². The molecule has 12 heteroatoms. The van der Waals surface area contributed by atoms with Crippen molar-refractivity contribution in [2.75, 3.05) is 20.2 Å². The van der Waals surface area contributed by atoms with Crippen LogP contribution in [0.25, 0.3) is 11.1 Å². The summed E-state index contributed by atoms with van der Waals surface area (Å²) in [5.41, 5.74) is 3.30. The second kappa shape index (κ2) is 13.4. The van der Waals surface area contributed by atoms with Gasteiger partial charge in [-0.05, 0) is 80.2 Å². The van der Waals surface area contributed by atoms with Gasteiger partial charge in [0.15, 0.2) is 0 Å². The number of hydrogen-bond donors (Lipinski definition) is 2. The number of hydrogen-bond acceptors (Lipinski definition) is 8. The Hall–Kier alpha value is -3.93. The molecule has 0 unspecified atom stereocenters. The first kappa shape index (κ1) is 33.6. The van der Waals surface area contributed by atoms with Gasteiger partial charge in [0.05, 0.1) is 23.7 Å². The average molecular weight is 691 g/mol. The van der Waals surface area contributed by atoms with Gasteiger partial charge in [0, 0.05) is 24.7 Å². The Balaban J connectivity index is 1.16. The first-order chi connectivity index (χ1) is 23.6. The van der Waals surface area contributed by atoms with Crippen LogP contribution in [-0.4, -0.2) is 73.8 Å². The predicted octanol–water partition coefficient (Wildman–Crippen LogP) is 4.53. The molecular weight excluding hydrogens is 644 g/mol. The van der Waals surface area contributed by atoms with E-state index in [1.54, 1.807) is 11.9 Å². The first-order valence-electron chi connectivity index (χ1n) is 17.8. The number of oxime groups is 1. The van der Waals surface area contributed by atoms with Crippen LogP contribution in [0.15, 0.2) is 47.6 Å². The molecule has 3 saturated carbocycles. The van der Waals surface area contributed by atoms with Gasteiger partial charge in [-0.1, -0.05) is 62.0 Å². The van der Waals surface area contributed by atoms with Gasteiger partial charge in [-0.25, -0.2) is 8.42 Å². The molecule has 2 aromatic carbocycles. The Bertz CT molecular complexity index is 1770. The molecule has 0 radical (unpaired) electrons. The Morgan fingerprint density at radius 1 is 0.980 bits per heavy atom. The molecule has 2 N–H and O–H groups in total. The van der Waals surface area contributed by atoms with Gasteiger partial charge in [-0.2, -0.15) is 0 Å². The molecule has 4 aliphatic carbocycles. The normalized spacial score (nSPS) is 29.6. The molecule has 5 aliphatic rings. The number of nitrogens with zero attached hydrogens (tertiary/aromatic N) is 2. The summed E-state index contributed by atoms with van der Waals surface area (Å²) < 4.78 is 33.7. The monoisotopic (exact) mass is 690 g/mol. The topological polar surface area (TPSA) is 143 Å². The number of sulfonamides is 1. The van der Waals surface area contributed by atoms with Crippen LogP contribution in [0, 0.1) is 17.8 Å². The minimum absolute atomic E-state index is 0.135. The fourth-order valence-corrected chi connectivity index (χ4v) is 9.21. The van der Waals surface area contributed by atoms with E-state index in [0.29, 0.717) is 51.0 Å². The minimum atomic E-state index is -3.79. The maximum atomic E-state index is 14.1. The lowest BCUT2D eigenvalue weighted by atomic mass is 9.93. The first-order valence-corrected chi connectivity index (χ1v) is 19.4. The van der Waals surface area contributed by atoms with E-state index in [9.17, 15) is 22.8 Å². The van der Waals surface area contributed by atoms with E-state index in [4.69, 9.17) is 9.57 Å². The Labute approximate surface area is 288 Å². The van der Waals surface area contributed by atoms with Crippen molar-refractivity contribution in [1.82, 2.24) is 14.9 Å². The maximum absolute atomic E-state index is 14.1. The fourth-order valence-electron chi connectivity index (χ4n) is 7.85. The third kappa shape index (κ3) is 6.68. The molecule has 3 amide bonds. The summed E-state index contributed by atoms with van der Waals surface area (Å²) in [5, 5.41) is 7.07. The van der Waals surface area contributed by atoms with Crippen LogP contribution in [0.2, 0.25) is 0 Å². The summed E-state index contributed by atoms with van der Waals surface area (Å²) >= 11 is 0. The van der Waals surface area contributed by atoms with Crippen molar-refractivity contribution in [2.24, 2.45) is 22.9 Å². The molecule has 1 aliphatic heterocycles. The average Bonchev–Trinajstić information content (AvgIpc) is 4.00. The van der Waals surface area contributed by atoms with Crippen LogP contribution in [0.4, 0.5) is 0 Å². The zero-order valence-corrected chi connectivity index (χ0v) is 29.1. The lowest BCUT2D eigenvalue weighted by Crippen LogP contribution is -2.54. The minimum Gasteiger partial charge on any atom is -0.494 e. The highest BCUT2D eigenvalue weighted by Gasteiger charge is 2.62. The Morgan fingerprint density at radius 3 is 2.47 bits per heavy atom. The van der Waals surface area contributed by atoms with E-state index in [2.05, 4.69) is 27.3 Å². The number of amides is 3. The number of nitrogens with one attached hydrogen (secondary N) is 2. The molecule has 262 valence electrons. The number of carbonyl (C=O) groups excluding carboxylic acids is 3. The van der Waals surface area contributed by atoms with Gasteiger partial charge in [0.2, 0.25) is 21.8 Å². The Morgan fingerprint density at radius 2 is 1.71 bits per heavy atom. The standard InChI is InChI=1S/C37H46N4O7S/c1-3-23-22-37(23,36(44)40-49(45,46)26-14-15-26)38-34(42)31-20-25-21-32(31)35(43)41(2)17-9-5-4-6-10-18-47-24-13-16-28-27-11-7-8-12-29(27)33(39-48-25)30(28)19-24/h7-8,11-13,16,19,23,25-26,31-32H,3-6,9-10,14-15,17-18,20-22H2,1-2H3,(H,38,42)(H,40,44)/b39-33-/t23-,25-,31-,32-,37-/m1/s1. The number of rotatable bonds is 6. The lowest BCUT2D eigenvalue weighted by Gasteiger charge is -2.26. The molecule has 49 heavy (non-hydrogen) atoms. The Kier molecular flexibility index (Phi) is 9.19. The van der Waals surface area contributed by atoms with E-state index in [0.717, 1.165) is 60.1 Å². The highest BCUT2D eigenvalue weighted by molar-refractivity contribution is 7.91. The quantitative estimate of drug-likeness (QED) is 0.387. The van der Waals surface area contributed by atoms with Crippen molar-refractivity contribution >= 4 is 33.5 Å². The van der Waals surface area contributed by atoms with Gasteiger partial charge in [0.25, 0.3) is 5.91 Å². The number of ether oxygens (including phenoxy) is 1. The second-order valence-electron chi connectivity index (χ2n) is 14.4. The largest absolute Gasteiger partial charge is 0.494 e. The van der Waals surface area contributed by atoms with Crippen LogP contribution in [0.1, 0.15) is 88.7 Å². The van der Waals surface area contributed by atoms with Crippen LogP contribution in [-0.2, 0) is 29.2 Å². The fraction of sp³-hybridized carbons (Fsp3) is 0.568. The zero-order chi connectivity index (χ0) is 34.3. The lowest BCUT2D eigenvalue weighted by molar-refractivity contribution is -0.140. The maximum Gasteiger partial charge on any atom is 0.259 e. The summed E-state index contributed by atoms with van der Waals surface area (Å²) in [6, 6.07) is 14.1. The SMILES string of the molecule is CC[C@@H]1C[C@]1(NC(=O)[C@@H]1C[C@@H]2C[C@H]1C(=O)N(C)CCCCCCCOc1ccc3c(c1)/C(=N\O2)c1ccccc1-3)C(=O)NS(=O)(=O)C1CC1. The molecule has 5 atom stereocenters. The van der Waals surface area contributed by atoms with Gasteiger partial charge in [-0.15, -0.1) is 0 Å². The zero-order valence-electron chi connectivity index (χ0n) is 28.3. The van der Waals surface area contributed by atoms with E-state index in [1.165, 1.54) is 0 Å². The summed E-state index contributed by atoms with van der Waals surface area (Å²) in [6.45, 7) is 3.11. The van der Waals surface area contributed by atoms with Crippen LogP contribution in [0.3, 0.4) is 0 Å². The van der Waals surface area contributed by atoms with Crippen molar-refractivity contribution < 1.29 is 32.4 Å². The molecule has 3 fully saturated rings. The molecule has 0 aromatic heterocycles. The van der Waals surface area contributed by atoms with Gasteiger partial charge in [0.1, 0.15) is 23.1 Å². The van der Waals surface area contributed by atoms with Crippen LogP contribution >= 0.6 is 0 Å². The smallest absolute Gasteiger partial charge is 0.259 e. The van der Waals surface area contributed by atoms with E-state index < -0.39 is 50.6 Å². The highest BCUT2D eigenvalue weighted by atomic mass is 32.2. The second-order valence-corrected chi connectivity index (χ2v) is 16.4.